The summed E-state index contributed by atoms with van der Waals surface area (Å²) in [6.45, 7) is 1.49. The molecule has 0 fully saturated rings. The minimum atomic E-state index is -1.24. The van der Waals surface area contributed by atoms with Gasteiger partial charge in [-0.05, 0) is 12.1 Å². The molecule has 3 aromatic rings. The van der Waals surface area contributed by atoms with Crippen LogP contribution in [-0.4, -0.2) is 16.2 Å². The van der Waals surface area contributed by atoms with Crippen molar-refractivity contribution >= 4 is 33.4 Å². The van der Waals surface area contributed by atoms with E-state index in [-0.39, 0.29) is 33.7 Å². The van der Waals surface area contributed by atoms with Crippen molar-refractivity contribution in [2.45, 2.75) is 6.92 Å². The Morgan fingerprint density at radius 2 is 1.90 bits per heavy atom. The molecule has 0 radical (unpaired) electrons. The lowest BCUT2D eigenvalue weighted by atomic mass is 10.0. The van der Waals surface area contributed by atoms with Crippen molar-refractivity contribution in [3.05, 3.63) is 40.5 Å². The number of nitrogens with zero attached hydrogens (tertiary/aromatic N) is 1. The molecule has 0 aliphatic heterocycles. The molecule has 20 heavy (non-hydrogen) atoms. The molecule has 2 aromatic carbocycles. The first-order valence-corrected chi connectivity index (χ1v) is 5.79. The lowest BCUT2D eigenvalue weighted by Gasteiger charge is -2.04. The molecule has 0 bridgehead atoms. The standard InChI is InChI=1S/C14H9NO5/c1-6-9(14(17)18)10-11(15-19)12(16)7-4-2-3-5-8(7)13(10)20-6/h2-5,16H,1H3,(H,17,18). The van der Waals surface area contributed by atoms with E-state index in [1.54, 1.807) is 24.3 Å². The quantitative estimate of drug-likeness (QED) is 0.692. The van der Waals surface area contributed by atoms with Crippen molar-refractivity contribution in [1.82, 2.24) is 0 Å². The second-order valence-corrected chi connectivity index (χ2v) is 4.38. The number of furan rings is 1. The van der Waals surface area contributed by atoms with Gasteiger partial charge in [0.1, 0.15) is 16.9 Å². The van der Waals surface area contributed by atoms with Gasteiger partial charge >= 0.3 is 5.97 Å². The fourth-order valence-electron chi connectivity index (χ4n) is 2.44. The normalized spacial score (nSPS) is 11.1. The van der Waals surface area contributed by atoms with Gasteiger partial charge in [0.2, 0.25) is 0 Å². The van der Waals surface area contributed by atoms with Crippen LogP contribution < -0.4 is 0 Å². The summed E-state index contributed by atoms with van der Waals surface area (Å²) in [5.74, 6) is -1.42. The number of aryl methyl sites for hydroxylation is 1. The van der Waals surface area contributed by atoms with Crippen LogP contribution in [0.1, 0.15) is 16.1 Å². The number of carbonyl (C=O) groups is 1. The molecule has 0 saturated heterocycles. The fraction of sp³-hybridized carbons (Fsp3) is 0.0714. The number of hydrogen-bond acceptors (Lipinski definition) is 5. The highest BCUT2D eigenvalue weighted by Crippen LogP contribution is 2.45. The second kappa shape index (κ2) is 4.06. The minimum Gasteiger partial charge on any atom is -0.505 e. The number of aromatic carboxylic acids is 1. The van der Waals surface area contributed by atoms with Crippen LogP contribution in [0.5, 0.6) is 5.75 Å². The third-order valence-electron chi connectivity index (χ3n) is 3.28. The molecule has 2 N–H and O–H groups in total. The Labute approximate surface area is 112 Å². The highest BCUT2D eigenvalue weighted by molar-refractivity contribution is 6.19. The predicted octanol–water partition coefficient (Wildman–Crippen LogP) is 3.70. The van der Waals surface area contributed by atoms with Crippen LogP contribution in [0.25, 0.3) is 21.7 Å². The van der Waals surface area contributed by atoms with Gasteiger partial charge in [0.25, 0.3) is 0 Å². The summed E-state index contributed by atoms with van der Waals surface area (Å²) in [5, 5.41) is 23.1. The lowest BCUT2D eigenvalue weighted by Crippen LogP contribution is -1.96. The van der Waals surface area contributed by atoms with Crippen molar-refractivity contribution in [2.75, 3.05) is 0 Å². The number of hydrogen-bond donors (Lipinski definition) is 2. The summed E-state index contributed by atoms with van der Waals surface area (Å²) >= 11 is 0. The number of fused-ring (bicyclic) bond motifs is 3. The molecule has 6 heteroatoms. The van der Waals surface area contributed by atoms with Gasteiger partial charge in [-0.1, -0.05) is 24.3 Å². The van der Waals surface area contributed by atoms with E-state index in [4.69, 9.17) is 4.42 Å². The number of phenols is 1. The molecule has 0 spiro atoms. The lowest BCUT2D eigenvalue weighted by molar-refractivity contribution is 0.0697. The van der Waals surface area contributed by atoms with Crippen LogP contribution in [0.3, 0.4) is 0 Å². The summed E-state index contributed by atoms with van der Waals surface area (Å²) in [7, 11) is 0. The van der Waals surface area contributed by atoms with E-state index in [9.17, 15) is 19.9 Å². The highest BCUT2D eigenvalue weighted by atomic mass is 16.4. The largest absolute Gasteiger partial charge is 0.505 e. The number of rotatable bonds is 2. The number of carboxylic acids is 1. The SMILES string of the molecule is Cc1oc2c(c(N=O)c(O)c3ccccc32)c1C(=O)O. The third kappa shape index (κ3) is 1.41. The maximum Gasteiger partial charge on any atom is 0.339 e. The van der Waals surface area contributed by atoms with Crippen molar-refractivity contribution in [3.63, 3.8) is 0 Å². The average Bonchev–Trinajstić information content (AvgIpc) is 2.77. The number of benzene rings is 2. The Hall–Kier alpha value is -2.89. The number of phenolic OH excluding ortho intramolecular Hbond substituents is 1. The first-order chi connectivity index (χ1) is 9.56. The number of nitroso groups, excluding NO2 is 1. The maximum absolute atomic E-state index is 11.3. The van der Waals surface area contributed by atoms with Crippen molar-refractivity contribution < 1.29 is 19.4 Å². The van der Waals surface area contributed by atoms with Crippen molar-refractivity contribution in [3.8, 4) is 5.75 Å². The minimum absolute atomic E-state index is 0.0289. The molecule has 0 aliphatic carbocycles. The summed E-state index contributed by atoms with van der Waals surface area (Å²) < 4.78 is 5.48. The van der Waals surface area contributed by atoms with Gasteiger partial charge in [-0.3, -0.25) is 0 Å². The Bertz CT molecular complexity index is 878. The van der Waals surface area contributed by atoms with Gasteiger partial charge in [0.05, 0.1) is 5.39 Å². The zero-order valence-corrected chi connectivity index (χ0v) is 10.4. The van der Waals surface area contributed by atoms with Gasteiger partial charge in [-0.2, -0.15) is 0 Å². The van der Waals surface area contributed by atoms with Gasteiger partial charge in [-0.25, -0.2) is 4.79 Å². The van der Waals surface area contributed by atoms with E-state index < -0.39 is 5.97 Å². The van der Waals surface area contributed by atoms with E-state index in [1.807, 2.05) is 0 Å². The average molecular weight is 271 g/mol. The van der Waals surface area contributed by atoms with E-state index >= 15 is 0 Å². The first kappa shape index (κ1) is 12.2. The fourth-order valence-corrected chi connectivity index (χ4v) is 2.44. The van der Waals surface area contributed by atoms with E-state index in [0.29, 0.717) is 10.8 Å². The molecular weight excluding hydrogens is 262 g/mol. The molecule has 3 rings (SSSR count). The second-order valence-electron chi connectivity index (χ2n) is 4.38. The Morgan fingerprint density at radius 3 is 2.50 bits per heavy atom. The zero-order chi connectivity index (χ0) is 14.4. The smallest absolute Gasteiger partial charge is 0.339 e. The summed E-state index contributed by atoms with van der Waals surface area (Å²) in [4.78, 5) is 22.4. The van der Waals surface area contributed by atoms with Crippen LogP contribution in [0.2, 0.25) is 0 Å². The number of carboxylic acid groups (broad SMARTS) is 1. The molecule has 0 saturated carbocycles. The van der Waals surface area contributed by atoms with Crippen molar-refractivity contribution in [1.29, 1.82) is 0 Å². The topological polar surface area (TPSA) is 100 Å². The molecule has 6 nitrogen and oxygen atoms in total. The van der Waals surface area contributed by atoms with Crippen molar-refractivity contribution in [2.24, 2.45) is 5.18 Å². The van der Waals surface area contributed by atoms with E-state index in [1.165, 1.54) is 6.92 Å². The van der Waals surface area contributed by atoms with Gasteiger partial charge < -0.3 is 14.6 Å². The molecule has 0 unspecified atom stereocenters. The summed E-state index contributed by atoms with van der Waals surface area (Å²) in [6, 6.07) is 6.71. The Morgan fingerprint density at radius 1 is 1.25 bits per heavy atom. The van der Waals surface area contributed by atoms with Crippen LogP contribution in [0.15, 0.2) is 33.9 Å². The monoisotopic (exact) mass is 271 g/mol. The Balaban J connectivity index is 2.69. The molecular formula is C14H9NO5. The highest BCUT2D eigenvalue weighted by Gasteiger charge is 2.25. The van der Waals surface area contributed by atoms with E-state index in [0.717, 1.165) is 0 Å². The van der Waals surface area contributed by atoms with Gasteiger partial charge in [0, 0.05) is 10.8 Å². The first-order valence-electron chi connectivity index (χ1n) is 5.79. The predicted molar refractivity (Wildman–Crippen MR) is 72.5 cm³/mol. The van der Waals surface area contributed by atoms with E-state index in [2.05, 4.69) is 5.18 Å². The number of aromatic hydroxyl groups is 1. The molecule has 1 aromatic heterocycles. The maximum atomic E-state index is 11.3. The molecule has 0 aliphatic rings. The van der Waals surface area contributed by atoms with Crippen LogP contribution >= 0.6 is 0 Å². The third-order valence-corrected chi connectivity index (χ3v) is 3.28. The van der Waals surface area contributed by atoms with Crippen LogP contribution in [0, 0.1) is 11.8 Å². The molecule has 100 valence electrons. The van der Waals surface area contributed by atoms with Gasteiger partial charge in [0.15, 0.2) is 11.4 Å². The summed E-state index contributed by atoms with van der Waals surface area (Å²) in [6.07, 6.45) is 0. The van der Waals surface area contributed by atoms with Gasteiger partial charge in [-0.15, -0.1) is 4.91 Å². The summed E-state index contributed by atoms with van der Waals surface area (Å²) in [5.41, 5.74) is -0.230. The molecule has 1 heterocycles. The molecule has 0 amide bonds. The molecule has 0 atom stereocenters. The Kier molecular flexibility index (Phi) is 2.47. The van der Waals surface area contributed by atoms with Crippen LogP contribution in [-0.2, 0) is 0 Å². The zero-order valence-electron chi connectivity index (χ0n) is 10.4. The van der Waals surface area contributed by atoms with Crippen LogP contribution in [0.4, 0.5) is 5.69 Å².